The molecule has 2 aromatic carbocycles. The van der Waals surface area contributed by atoms with Crippen LogP contribution < -0.4 is 0 Å². The monoisotopic (exact) mass is 514 g/mol. The average molecular weight is 515 g/mol. The average Bonchev–Trinajstić information content (AvgIpc) is 3.21. The lowest BCUT2D eigenvalue weighted by Crippen LogP contribution is -2.33. The molecule has 38 heavy (non-hydrogen) atoms. The molecule has 2 aliphatic heterocycles. The molecule has 2 saturated heterocycles. The van der Waals surface area contributed by atoms with Gasteiger partial charge in [0.1, 0.15) is 0 Å². The Morgan fingerprint density at radius 3 is 1.45 bits per heavy atom. The number of hydrogen-bond donors (Lipinski definition) is 0. The second-order valence-electron chi connectivity index (χ2n) is 12.0. The molecular weight excluding hydrogens is 472 g/mol. The predicted octanol–water partition coefficient (Wildman–Crippen LogP) is 6.29. The minimum atomic E-state index is -0.0795. The van der Waals surface area contributed by atoms with Gasteiger partial charge in [0, 0.05) is 35.1 Å². The molecule has 2 aromatic rings. The fourth-order valence-electron chi connectivity index (χ4n) is 6.21. The molecule has 0 aromatic heterocycles. The number of piperidine rings is 2. The van der Waals surface area contributed by atoms with Gasteiger partial charge in [-0.25, -0.2) is 0 Å². The number of Topliss-reactive ketones (excluding diaryl/α,β-unsaturated/α-hetero) is 2. The van der Waals surface area contributed by atoms with E-state index in [9.17, 15) is 14.4 Å². The zero-order valence-electron chi connectivity index (χ0n) is 23.1. The van der Waals surface area contributed by atoms with E-state index in [1.807, 2.05) is 24.3 Å². The van der Waals surface area contributed by atoms with Crippen molar-refractivity contribution >= 4 is 17.3 Å². The quantitative estimate of drug-likeness (QED) is 0.298. The molecule has 0 radical (unpaired) electrons. The maximum atomic E-state index is 13.3. The lowest BCUT2D eigenvalue weighted by molar-refractivity contribution is 0.0963. The van der Waals surface area contributed by atoms with Crippen LogP contribution in [0.3, 0.4) is 0 Å². The first-order valence-electron chi connectivity index (χ1n) is 14.7. The first-order valence-corrected chi connectivity index (χ1v) is 14.7. The van der Waals surface area contributed by atoms with Crippen LogP contribution in [0, 0.1) is 11.8 Å². The van der Waals surface area contributed by atoms with Gasteiger partial charge in [0.15, 0.2) is 17.3 Å². The molecule has 3 aliphatic rings. The Labute approximate surface area is 227 Å². The third kappa shape index (κ3) is 6.16. The Morgan fingerprint density at radius 1 is 0.658 bits per heavy atom. The number of ketones is 3. The van der Waals surface area contributed by atoms with E-state index >= 15 is 0 Å². The minimum Gasteiger partial charge on any atom is -0.303 e. The van der Waals surface area contributed by atoms with Crippen molar-refractivity contribution in [1.29, 1.82) is 0 Å². The van der Waals surface area contributed by atoms with Gasteiger partial charge >= 0.3 is 0 Å². The molecule has 0 saturated carbocycles. The highest BCUT2D eigenvalue weighted by molar-refractivity contribution is 6.23. The number of carbonyl (C=O) groups excluding carboxylic acids is 3. The van der Waals surface area contributed by atoms with E-state index in [-0.39, 0.29) is 17.3 Å². The topological polar surface area (TPSA) is 57.7 Å². The summed E-state index contributed by atoms with van der Waals surface area (Å²) in [5.41, 5.74) is 4.12. The van der Waals surface area contributed by atoms with Gasteiger partial charge in [0.05, 0.1) is 0 Å². The van der Waals surface area contributed by atoms with Gasteiger partial charge < -0.3 is 9.80 Å². The summed E-state index contributed by atoms with van der Waals surface area (Å²) in [7, 11) is 0. The molecule has 2 heterocycles. The normalized spacial score (nSPS) is 18.9. The third-order valence-corrected chi connectivity index (χ3v) is 8.97. The number of likely N-dealkylation sites (tertiary alicyclic amines) is 2. The van der Waals surface area contributed by atoms with Crippen LogP contribution in [0.5, 0.6) is 0 Å². The Balaban J connectivity index is 1.16. The smallest absolute Gasteiger partial charge is 0.194 e. The summed E-state index contributed by atoms with van der Waals surface area (Å²) in [6, 6.07) is 11.0. The molecule has 0 bridgehead atoms. The van der Waals surface area contributed by atoms with E-state index in [2.05, 4.69) is 23.6 Å². The summed E-state index contributed by atoms with van der Waals surface area (Å²) >= 11 is 0. The van der Waals surface area contributed by atoms with Gasteiger partial charge in [-0.2, -0.15) is 0 Å². The molecule has 5 rings (SSSR count). The predicted molar refractivity (Wildman–Crippen MR) is 152 cm³/mol. The molecule has 0 unspecified atom stereocenters. The fourth-order valence-corrected chi connectivity index (χ4v) is 6.21. The van der Waals surface area contributed by atoms with Crippen LogP contribution in [0.2, 0.25) is 0 Å². The van der Waals surface area contributed by atoms with E-state index in [1.54, 1.807) is 12.1 Å². The van der Waals surface area contributed by atoms with Crippen molar-refractivity contribution in [3.05, 3.63) is 58.7 Å². The zero-order valence-corrected chi connectivity index (χ0v) is 23.1. The number of nitrogens with zero attached hydrogens (tertiary/aromatic N) is 2. The molecule has 0 spiro atoms. The molecule has 5 heteroatoms. The highest BCUT2D eigenvalue weighted by Crippen LogP contribution is 2.38. The van der Waals surface area contributed by atoms with Crippen LogP contribution in [0.15, 0.2) is 36.4 Å². The van der Waals surface area contributed by atoms with Crippen LogP contribution >= 0.6 is 0 Å². The minimum absolute atomic E-state index is 0.0795. The Morgan fingerprint density at radius 2 is 1.05 bits per heavy atom. The van der Waals surface area contributed by atoms with Crippen LogP contribution in [0.1, 0.15) is 102 Å². The van der Waals surface area contributed by atoms with Gasteiger partial charge in [-0.15, -0.1) is 0 Å². The van der Waals surface area contributed by atoms with Gasteiger partial charge in [-0.3, -0.25) is 14.4 Å². The lowest BCUT2D eigenvalue weighted by Gasteiger charge is -2.30. The van der Waals surface area contributed by atoms with E-state index in [4.69, 9.17) is 0 Å². The molecule has 0 N–H and O–H groups in total. The van der Waals surface area contributed by atoms with Crippen molar-refractivity contribution in [3.8, 4) is 11.1 Å². The SMILES string of the molecule is CC1CCN(CCCC(=O)c2ccc3c(c2)C(=O)c2cc(C(=O)CCCN4CCC(C)CC4)ccc2-3)CC1. The second-order valence-corrected chi connectivity index (χ2v) is 12.0. The zero-order chi connectivity index (χ0) is 26.6. The number of rotatable bonds is 10. The Kier molecular flexibility index (Phi) is 8.54. The van der Waals surface area contributed by atoms with Crippen LogP contribution in [0.4, 0.5) is 0 Å². The largest absolute Gasteiger partial charge is 0.303 e. The third-order valence-electron chi connectivity index (χ3n) is 8.97. The van der Waals surface area contributed by atoms with Crippen molar-refractivity contribution in [2.75, 3.05) is 39.3 Å². The number of fused-ring (bicyclic) bond motifs is 3. The number of hydrogen-bond acceptors (Lipinski definition) is 5. The molecule has 2 fully saturated rings. The summed E-state index contributed by atoms with van der Waals surface area (Å²) in [4.78, 5) is 44.0. The number of carbonyl (C=O) groups is 3. The first-order chi connectivity index (χ1) is 18.4. The fraction of sp³-hybridized carbons (Fsp3) is 0.545. The van der Waals surface area contributed by atoms with Crippen LogP contribution in [-0.2, 0) is 0 Å². The highest BCUT2D eigenvalue weighted by atomic mass is 16.1. The molecular formula is C33H42N2O3. The maximum absolute atomic E-state index is 13.3. The summed E-state index contributed by atoms with van der Waals surface area (Å²) in [5.74, 6) is 1.73. The lowest BCUT2D eigenvalue weighted by atomic mass is 9.97. The van der Waals surface area contributed by atoms with E-state index in [0.717, 1.165) is 75.1 Å². The summed E-state index contributed by atoms with van der Waals surface area (Å²) in [5, 5.41) is 0. The van der Waals surface area contributed by atoms with E-state index < -0.39 is 0 Å². The molecule has 5 nitrogen and oxygen atoms in total. The van der Waals surface area contributed by atoms with E-state index in [1.165, 1.54) is 25.7 Å². The van der Waals surface area contributed by atoms with Crippen molar-refractivity contribution in [3.63, 3.8) is 0 Å². The van der Waals surface area contributed by atoms with Gasteiger partial charge in [-0.1, -0.05) is 38.1 Å². The Hall–Kier alpha value is -2.63. The van der Waals surface area contributed by atoms with E-state index in [0.29, 0.717) is 35.1 Å². The van der Waals surface area contributed by atoms with Gasteiger partial charge in [0.2, 0.25) is 0 Å². The first kappa shape index (κ1) is 27.0. The Bertz CT molecular complexity index is 1100. The summed E-state index contributed by atoms with van der Waals surface area (Å²) in [6.07, 6.45) is 7.67. The summed E-state index contributed by atoms with van der Waals surface area (Å²) < 4.78 is 0. The van der Waals surface area contributed by atoms with Gasteiger partial charge in [0.25, 0.3) is 0 Å². The standard InChI is InChI=1S/C33H42N2O3/c1-23-11-17-34(18-12-23)15-3-5-31(36)25-7-9-27-28-10-8-26(22-30(28)33(38)29(27)21-25)32(37)6-4-16-35-19-13-24(2)14-20-35/h7-10,21-24H,3-6,11-20H2,1-2H3. The maximum Gasteiger partial charge on any atom is 0.194 e. The summed E-state index contributed by atoms with van der Waals surface area (Å²) in [6.45, 7) is 11.1. The second kappa shape index (κ2) is 12.0. The van der Waals surface area contributed by atoms with Crippen LogP contribution in [0.25, 0.3) is 11.1 Å². The molecule has 0 atom stereocenters. The van der Waals surface area contributed by atoms with Crippen molar-refractivity contribution in [1.82, 2.24) is 9.80 Å². The van der Waals surface area contributed by atoms with Crippen molar-refractivity contribution in [2.24, 2.45) is 11.8 Å². The van der Waals surface area contributed by atoms with Crippen molar-refractivity contribution < 1.29 is 14.4 Å². The molecule has 1 aliphatic carbocycles. The van der Waals surface area contributed by atoms with Gasteiger partial charge in [-0.05, 0) is 113 Å². The van der Waals surface area contributed by atoms with Crippen molar-refractivity contribution in [2.45, 2.75) is 65.2 Å². The molecule has 0 amide bonds. The highest BCUT2D eigenvalue weighted by Gasteiger charge is 2.28. The van der Waals surface area contributed by atoms with Crippen LogP contribution in [-0.4, -0.2) is 66.4 Å². The number of benzene rings is 2. The molecule has 202 valence electrons.